The highest BCUT2D eigenvalue weighted by Gasteiger charge is 2.44. The van der Waals surface area contributed by atoms with Crippen molar-refractivity contribution in [2.24, 2.45) is 5.92 Å². The van der Waals surface area contributed by atoms with Gasteiger partial charge in [0.05, 0.1) is 11.1 Å². The summed E-state index contributed by atoms with van der Waals surface area (Å²) in [5, 5.41) is 8.92. The van der Waals surface area contributed by atoms with Gasteiger partial charge in [-0.15, -0.1) is 0 Å². The summed E-state index contributed by atoms with van der Waals surface area (Å²) < 4.78 is 0. The highest BCUT2D eigenvalue weighted by Crippen LogP contribution is 2.28. The summed E-state index contributed by atoms with van der Waals surface area (Å²) in [6.45, 7) is 3.59. The standard InChI is InChI=1S/C19H22N4O4/c24-16-4-3-15(17(25)22-16)23-18(26)13-2-1-11(7-14(13)19(23)27)8-21-10-12-5-6-20-9-12/h1-2,7,12,15,20-21H,3-6,8-10H2,(H,22,24,25)/t12-,15?/m1/s1. The zero-order valence-corrected chi connectivity index (χ0v) is 14.9. The molecule has 3 aliphatic heterocycles. The molecule has 2 saturated heterocycles. The first-order valence-electron chi connectivity index (χ1n) is 9.30. The second kappa shape index (κ2) is 7.21. The number of amides is 4. The molecule has 3 N–H and O–H groups in total. The van der Waals surface area contributed by atoms with Crippen LogP contribution in [0.2, 0.25) is 0 Å². The molecular weight excluding hydrogens is 348 g/mol. The number of imide groups is 2. The molecule has 2 atom stereocenters. The van der Waals surface area contributed by atoms with E-state index in [2.05, 4.69) is 16.0 Å². The van der Waals surface area contributed by atoms with E-state index < -0.39 is 23.8 Å². The van der Waals surface area contributed by atoms with Crippen LogP contribution in [-0.4, -0.2) is 54.2 Å². The molecule has 3 aliphatic rings. The number of hydrogen-bond acceptors (Lipinski definition) is 6. The van der Waals surface area contributed by atoms with Gasteiger partial charge in [0.2, 0.25) is 11.8 Å². The first-order valence-corrected chi connectivity index (χ1v) is 9.30. The van der Waals surface area contributed by atoms with Crippen molar-refractivity contribution in [3.63, 3.8) is 0 Å². The number of nitrogens with one attached hydrogen (secondary N) is 3. The van der Waals surface area contributed by atoms with Crippen LogP contribution in [0.4, 0.5) is 0 Å². The van der Waals surface area contributed by atoms with Crippen LogP contribution in [0.15, 0.2) is 18.2 Å². The number of nitrogens with zero attached hydrogens (tertiary/aromatic N) is 1. The topological polar surface area (TPSA) is 108 Å². The predicted molar refractivity (Wildman–Crippen MR) is 95.8 cm³/mol. The van der Waals surface area contributed by atoms with Crippen molar-refractivity contribution >= 4 is 23.6 Å². The van der Waals surface area contributed by atoms with Gasteiger partial charge in [0.25, 0.3) is 11.8 Å². The fourth-order valence-corrected chi connectivity index (χ4v) is 3.94. The highest BCUT2D eigenvalue weighted by molar-refractivity contribution is 6.23. The van der Waals surface area contributed by atoms with E-state index in [0.717, 1.165) is 36.5 Å². The van der Waals surface area contributed by atoms with Gasteiger partial charge < -0.3 is 10.6 Å². The number of fused-ring (bicyclic) bond motifs is 1. The van der Waals surface area contributed by atoms with Crippen LogP contribution in [0, 0.1) is 5.92 Å². The smallest absolute Gasteiger partial charge is 0.262 e. The van der Waals surface area contributed by atoms with Crippen molar-refractivity contribution in [2.45, 2.75) is 31.8 Å². The number of carbonyl (C=O) groups excluding carboxylic acids is 4. The molecule has 142 valence electrons. The van der Waals surface area contributed by atoms with E-state index in [9.17, 15) is 19.2 Å². The Morgan fingerprint density at radius 1 is 1.07 bits per heavy atom. The summed E-state index contributed by atoms with van der Waals surface area (Å²) in [4.78, 5) is 49.8. The van der Waals surface area contributed by atoms with Gasteiger partial charge in [-0.1, -0.05) is 6.07 Å². The highest BCUT2D eigenvalue weighted by atomic mass is 16.2. The third-order valence-electron chi connectivity index (χ3n) is 5.43. The molecule has 0 aromatic heterocycles. The molecule has 8 nitrogen and oxygen atoms in total. The molecule has 1 unspecified atom stereocenters. The van der Waals surface area contributed by atoms with Gasteiger partial charge in [-0.25, -0.2) is 0 Å². The maximum absolute atomic E-state index is 12.8. The van der Waals surface area contributed by atoms with E-state index in [0.29, 0.717) is 23.6 Å². The van der Waals surface area contributed by atoms with Gasteiger partial charge in [-0.3, -0.25) is 29.4 Å². The first kappa shape index (κ1) is 17.8. The lowest BCUT2D eigenvalue weighted by molar-refractivity contribution is -0.136. The molecule has 4 rings (SSSR count). The maximum atomic E-state index is 12.8. The van der Waals surface area contributed by atoms with Crippen LogP contribution in [0.25, 0.3) is 0 Å². The van der Waals surface area contributed by atoms with Crippen molar-refractivity contribution in [3.05, 3.63) is 34.9 Å². The van der Waals surface area contributed by atoms with E-state index in [1.54, 1.807) is 12.1 Å². The van der Waals surface area contributed by atoms with Gasteiger partial charge >= 0.3 is 0 Å². The van der Waals surface area contributed by atoms with Gasteiger partial charge in [0.1, 0.15) is 6.04 Å². The van der Waals surface area contributed by atoms with Crippen LogP contribution >= 0.6 is 0 Å². The van der Waals surface area contributed by atoms with Crippen LogP contribution < -0.4 is 16.0 Å². The van der Waals surface area contributed by atoms with Crippen LogP contribution in [0.1, 0.15) is 45.5 Å². The van der Waals surface area contributed by atoms with E-state index >= 15 is 0 Å². The van der Waals surface area contributed by atoms with Crippen LogP contribution in [0.5, 0.6) is 0 Å². The average molecular weight is 370 g/mol. The number of rotatable bonds is 5. The minimum atomic E-state index is -0.924. The van der Waals surface area contributed by atoms with Crippen LogP contribution in [0.3, 0.4) is 0 Å². The Morgan fingerprint density at radius 2 is 1.89 bits per heavy atom. The summed E-state index contributed by atoms with van der Waals surface area (Å²) in [7, 11) is 0. The predicted octanol–water partition coefficient (Wildman–Crippen LogP) is -0.213. The third-order valence-corrected chi connectivity index (χ3v) is 5.43. The SMILES string of the molecule is O=C1CCC(N2C(=O)c3ccc(CNC[C@@H]4CCNC4)cc3C2=O)C(=O)N1. The number of carbonyl (C=O) groups is 4. The zero-order chi connectivity index (χ0) is 19.0. The molecule has 0 radical (unpaired) electrons. The molecule has 4 amide bonds. The lowest BCUT2D eigenvalue weighted by Crippen LogP contribution is -2.54. The fourth-order valence-electron chi connectivity index (χ4n) is 3.94. The molecule has 0 spiro atoms. The summed E-state index contributed by atoms with van der Waals surface area (Å²) >= 11 is 0. The Hall–Kier alpha value is -2.58. The van der Waals surface area contributed by atoms with Gasteiger partial charge in [-0.05, 0) is 56.1 Å². The van der Waals surface area contributed by atoms with Gasteiger partial charge in [0.15, 0.2) is 0 Å². The molecular formula is C19H22N4O4. The molecule has 27 heavy (non-hydrogen) atoms. The monoisotopic (exact) mass is 370 g/mol. The minimum absolute atomic E-state index is 0.120. The van der Waals surface area contributed by atoms with Gasteiger partial charge in [0, 0.05) is 13.0 Å². The van der Waals surface area contributed by atoms with Gasteiger partial charge in [-0.2, -0.15) is 0 Å². The summed E-state index contributed by atoms with van der Waals surface area (Å²) in [6, 6.07) is 4.28. The van der Waals surface area contributed by atoms with Crippen LogP contribution in [-0.2, 0) is 16.1 Å². The number of piperidine rings is 1. The Morgan fingerprint density at radius 3 is 2.63 bits per heavy atom. The number of hydrogen-bond donors (Lipinski definition) is 3. The Labute approximate surface area is 156 Å². The normalized spacial score (nSPS) is 25.1. The van der Waals surface area contributed by atoms with Crippen molar-refractivity contribution in [3.8, 4) is 0 Å². The Balaban J connectivity index is 1.46. The molecule has 3 heterocycles. The summed E-state index contributed by atoms with van der Waals surface area (Å²) in [6.07, 6.45) is 1.44. The zero-order valence-electron chi connectivity index (χ0n) is 14.9. The number of benzene rings is 1. The minimum Gasteiger partial charge on any atom is -0.316 e. The second-order valence-corrected chi connectivity index (χ2v) is 7.32. The quantitative estimate of drug-likeness (QED) is 0.619. The fraction of sp³-hybridized carbons (Fsp3) is 0.474. The lowest BCUT2D eigenvalue weighted by Gasteiger charge is -2.27. The molecule has 2 fully saturated rings. The molecule has 1 aromatic carbocycles. The molecule has 1 aromatic rings. The third kappa shape index (κ3) is 3.38. The second-order valence-electron chi connectivity index (χ2n) is 7.32. The molecule has 8 heteroatoms. The molecule has 0 bridgehead atoms. The Bertz CT molecular complexity index is 816. The first-order chi connectivity index (χ1) is 13.0. The van der Waals surface area contributed by atoms with E-state index in [1.165, 1.54) is 0 Å². The Kier molecular flexibility index (Phi) is 4.75. The summed E-state index contributed by atoms with van der Waals surface area (Å²) in [5.41, 5.74) is 1.56. The maximum Gasteiger partial charge on any atom is 0.262 e. The van der Waals surface area contributed by atoms with E-state index in [1.807, 2.05) is 6.07 Å². The molecule has 0 saturated carbocycles. The molecule has 0 aliphatic carbocycles. The average Bonchev–Trinajstić information content (AvgIpc) is 3.24. The summed E-state index contributed by atoms with van der Waals surface area (Å²) in [5.74, 6) is -1.29. The largest absolute Gasteiger partial charge is 0.316 e. The van der Waals surface area contributed by atoms with E-state index in [-0.39, 0.29) is 18.7 Å². The van der Waals surface area contributed by atoms with E-state index in [4.69, 9.17) is 0 Å². The lowest BCUT2D eigenvalue weighted by atomic mass is 10.0. The van der Waals surface area contributed by atoms with Crippen molar-refractivity contribution < 1.29 is 19.2 Å². The van der Waals surface area contributed by atoms with Crippen molar-refractivity contribution in [1.29, 1.82) is 0 Å². The van der Waals surface area contributed by atoms with Crippen molar-refractivity contribution in [1.82, 2.24) is 20.9 Å². The van der Waals surface area contributed by atoms with Crippen molar-refractivity contribution in [2.75, 3.05) is 19.6 Å².